The van der Waals surface area contributed by atoms with Crippen molar-refractivity contribution in [3.05, 3.63) is 53.1 Å². The van der Waals surface area contributed by atoms with Crippen molar-refractivity contribution in [1.29, 1.82) is 5.26 Å². The molecule has 0 saturated heterocycles. The van der Waals surface area contributed by atoms with Gasteiger partial charge in [0.15, 0.2) is 11.5 Å². The molecule has 0 N–H and O–H groups in total. The topological polar surface area (TPSA) is 71.8 Å². The Morgan fingerprint density at radius 3 is 2.59 bits per heavy atom. The van der Waals surface area contributed by atoms with Crippen LogP contribution in [0.1, 0.15) is 41.4 Å². The molecule has 2 aromatic rings. The SMILES string of the molecule is CCN(C(=O)c1cc(OC)c2c(c1)OCCO2)C(C)c1ccc(C#N)cc1. The summed E-state index contributed by atoms with van der Waals surface area (Å²) in [5, 5.41) is 8.96. The molecule has 27 heavy (non-hydrogen) atoms. The van der Waals surface area contributed by atoms with E-state index in [4.69, 9.17) is 19.5 Å². The van der Waals surface area contributed by atoms with Crippen LogP contribution in [0.15, 0.2) is 36.4 Å². The van der Waals surface area contributed by atoms with E-state index in [1.165, 1.54) is 0 Å². The van der Waals surface area contributed by atoms with Gasteiger partial charge in [0.2, 0.25) is 5.75 Å². The van der Waals surface area contributed by atoms with Crippen LogP contribution in [0.2, 0.25) is 0 Å². The Labute approximate surface area is 158 Å². The fourth-order valence-electron chi connectivity index (χ4n) is 3.17. The lowest BCUT2D eigenvalue weighted by molar-refractivity contribution is 0.0700. The van der Waals surface area contributed by atoms with Gasteiger partial charge in [0.1, 0.15) is 13.2 Å². The highest BCUT2D eigenvalue weighted by Crippen LogP contribution is 2.41. The van der Waals surface area contributed by atoms with Crippen molar-refractivity contribution in [3.63, 3.8) is 0 Å². The molecule has 3 rings (SSSR count). The molecule has 1 unspecified atom stereocenters. The van der Waals surface area contributed by atoms with Gasteiger partial charge in [-0.1, -0.05) is 12.1 Å². The number of nitriles is 1. The summed E-state index contributed by atoms with van der Waals surface area (Å²) in [6, 6.07) is 12.6. The van der Waals surface area contributed by atoms with E-state index in [0.29, 0.717) is 48.1 Å². The Morgan fingerprint density at radius 2 is 1.96 bits per heavy atom. The maximum absolute atomic E-state index is 13.2. The lowest BCUT2D eigenvalue weighted by Crippen LogP contribution is -2.33. The number of rotatable bonds is 5. The predicted molar refractivity (Wildman–Crippen MR) is 100 cm³/mol. The van der Waals surface area contributed by atoms with Crippen LogP contribution in [-0.2, 0) is 0 Å². The number of benzene rings is 2. The van der Waals surface area contributed by atoms with Crippen LogP contribution in [-0.4, -0.2) is 37.7 Å². The number of methoxy groups -OCH3 is 1. The molecular weight excluding hydrogens is 344 g/mol. The van der Waals surface area contributed by atoms with Crippen molar-refractivity contribution in [1.82, 2.24) is 4.90 Å². The third kappa shape index (κ3) is 3.68. The number of fused-ring (bicyclic) bond motifs is 1. The highest BCUT2D eigenvalue weighted by molar-refractivity contribution is 5.96. The van der Waals surface area contributed by atoms with Gasteiger partial charge in [-0.25, -0.2) is 0 Å². The van der Waals surface area contributed by atoms with Gasteiger partial charge in [0, 0.05) is 12.1 Å². The molecule has 0 spiro atoms. The highest BCUT2D eigenvalue weighted by Gasteiger charge is 2.26. The Kier molecular flexibility index (Phi) is 5.51. The van der Waals surface area contributed by atoms with Crippen LogP contribution in [0, 0.1) is 11.3 Å². The van der Waals surface area contributed by atoms with E-state index in [0.717, 1.165) is 5.56 Å². The molecule has 1 heterocycles. The summed E-state index contributed by atoms with van der Waals surface area (Å²) in [6.07, 6.45) is 0. The summed E-state index contributed by atoms with van der Waals surface area (Å²) in [5.41, 5.74) is 2.05. The molecule has 6 heteroatoms. The van der Waals surface area contributed by atoms with Crippen molar-refractivity contribution >= 4 is 5.91 Å². The van der Waals surface area contributed by atoms with Crippen molar-refractivity contribution in [2.45, 2.75) is 19.9 Å². The van der Waals surface area contributed by atoms with E-state index >= 15 is 0 Å². The van der Waals surface area contributed by atoms with Gasteiger partial charge in [-0.15, -0.1) is 0 Å². The zero-order valence-corrected chi connectivity index (χ0v) is 15.7. The molecule has 1 amide bonds. The first-order chi connectivity index (χ1) is 13.1. The van der Waals surface area contributed by atoms with Gasteiger partial charge >= 0.3 is 0 Å². The maximum Gasteiger partial charge on any atom is 0.254 e. The standard InChI is InChI=1S/C21H22N2O4/c1-4-23(14(2)16-7-5-15(13-22)6-8-16)21(24)17-11-18(25-3)20-19(12-17)26-9-10-27-20/h5-8,11-12,14H,4,9-10H2,1-3H3. The van der Waals surface area contributed by atoms with Gasteiger partial charge in [-0.2, -0.15) is 5.26 Å². The zero-order valence-electron chi connectivity index (χ0n) is 15.7. The summed E-state index contributed by atoms with van der Waals surface area (Å²) >= 11 is 0. The number of carbonyl (C=O) groups is 1. The fraction of sp³-hybridized carbons (Fsp3) is 0.333. The van der Waals surface area contributed by atoms with Crippen LogP contribution in [0.25, 0.3) is 0 Å². The van der Waals surface area contributed by atoms with E-state index in [9.17, 15) is 4.79 Å². The molecule has 6 nitrogen and oxygen atoms in total. The molecule has 0 aliphatic carbocycles. The molecule has 140 valence electrons. The lowest BCUT2D eigenvalue weighted by atomic mass is 10.0. The molecule has 0 radical (unpaired) electrons. The second-order valence-electron chi connectivity index (χ2n) is 6.20. The van der Waals surface area contributed by atoms with Gasteiger partial charge in [-0.3, -0.25) is 4.79 Å². The van der Waals surface area contributed by atoms with Crippen molar-refractivity contribution in [2.75, 3.05) is 26.9 Å². The molecular formula is C21H22N2O4. The maximum atomic E-state index is 13.2. The van der Waals surface area contributed by atoms with Crippen LogP contribution in [0.5, 0.6) is 17.2 Å². The molecule has 0 bridgehead atoms. The number of amides is 1. The summed E-state index contributed by atoms with van der Waals surface area (Å²) in [7, 11) is 1.54. The van der Waals surface area contributed by atoms with E-state index in [2.05, 4.69) is 6.07 Å². The minimum atomic E-state index is -0.144. The van der Waals surface area contributed by atoms with Gasteiger partial charge in [0.25, 0.3) is 5.91 Å². The van der Waals surface area contributed by atoms with Gasteiger partial charge in [-0.05, 0) is 43.7 Å². The Bertz CT molecular complexity index is 854. The van der Waals surface area contributed by atoms with E-state index in [-0.39, 0.29) is 11.9 Å². The normalized spacial score (nSPS) is 13.4. The van der Waals surface area contributed by atoms with E-state index in [1.54, 1.807) is 36.3 Å². The number of hydrogen-bond donors (Lipinski definition) is 0. The molecule has 2 aromatic carbocycles. The number of nitrogens with zero attached hydrogens (tertiary/aromatic N) is 2. The third-order valence-electron chi connectivity index (χ3n) is 4.67. The van der Waals surface area contributed by atoms with Gasteiger partial charge < -0.3 is 19.1 Å². The first-order valence-corrected chi connectivity index (χ1v) is 8.87. The van der Waals surface area contributed by atoms with Gasteiger partial charge in [0.05, 0.1) is 24.8 Å². The first kappa shape index (κ1) is 18.6. The van der Waals surface area contributed by atoms with Crippen LogP contribution >= 0.6 is 0 Å². The Morgan fingerprint density at radius 1 is 1.26 bits per heavy atom. The Balaban J connectivity index is 1.91. The smallest absolute Gasteiger partial charge is 0.254 e. The summed E-state index contributed by atoms with van der Waals surface area (Å²) in [4.78, 5) is 15.0. The second-order valence-corrected chi connectivity index (χ2v) is 6.20. The van der Waals surface area contributed by atoms with Crippen molar-refractivity contribution in [2.24, 2.45) is 0 Å². The molecule has 0 saturated carbocycles. The lowest BCUT2D eigenvalue weighted by Gasteiger charge is -2.29. The first-order valence-electron chi connectivity index (χ1n) is 8.87. The second kappa shape index (κ2) is 8.00. The third-order valence-corrected chi connectivity index (χ3v) is 4.67. The molecule has 1 aliphatic rings. The number of carbonyl (C=O) groups excluding carboxylic acids is 1. The average molecular weight is 366 g/mol. The van der Waals surface area contributed by atoms with Crippen LogP contribution < -0.4 is 14.2 Å². The molecule has 0 fully saturated rings. The number of hydrogen-bond acceptors (Lipinski definition) is 5. The average Bonchev–Trinajstić information content (AvgIpc) is 2.73. The largest absolute Gasteiger partial charge is 0.493 e. The number of ether oxygens (including phenoxy) is 3. The molecule has 1 atom stereocenters. The minimum Gasteiger partial charge on any atom is -0.493 e. The quantitative estimate of drug-likeness (QED) is 0.809. The van der Waals surface area contributed by atoms with Crippen LogP contribution in [0.3, 0.4) is 0 Å². The predicted octanol–water partition coefficient (Wildman–Crippen LogP) is 3.56. The monoisotopic (exact) mass is 366 g/mol. The van der Waals surface area contributed by atoms with E-state index < -0.39 is 0 Å². The summed E-state index contributed by atoms with van der Waals surface area (Å²) < 4.78 is 16.6. The van der Waals surface area contributed by atoms with Crippen LogP contribution in [0.4, 0.5) is 0 Å². The van der Waals surface area contributed by atoms with Crippen molar-refractivity contribution < 1.29 is 19.0 Å². The molecule has 1 aliphatic heterocycles. The van der Waals surface area contributed by atoms with E-state index in [1.807, 2.05) is 26.0 Å². The van der Waals surface area contributed by atoms with Crippen molar-refractivity contribution in [3.8, 4) is 23.3 Å². The minimum absolute atomic E-state index is 0.121. The fourth-order valence-corrected chi connectivity index (χ4v) is 3.17. The molecule has 0 aromatic heterocycles. The summed E-state index contributed by atoms with van der Waals surface area (Å²) in [5.74, 6) is 1.41. The zero-order chi connectivity index (χ0) is 19.4. The summed E-state index contributed by atoms with van der Waals surface area (Å²) in [6.45, 7) is 5.34. The highest BCUT2D eigenvalue weighted by atomic mass is 16.6. The Hall–Kier alpha value is -3.20.